The fourth-order valence-electron chi connectivity index (χ4n) is 1.47. The van der Waals surface area contributed by atoms with Crippen LogP contribution in [-0.4, -0.2) is 34.3 Å². The first-order chi connectivity index (χ1) is 8.76. The van der Waals surface area contributed by atoms with Crippen LogP contribution in [0.5, 0.6) is 5.88 Å². The molecule has 2 heterocycles. The van der Waals surface area contributed by atoms with Crippen molar-refractivity contribution in [2.24, 2.45) is 0 Å². The summed E-state index contributed by atoms with van der Waals surface area (Å²) in [5, 5.41) is 11.0. The highest BCUT2D eigenvalue weighted by Crippen LogP contribution is 2.17. The van der Waals surface area contributed by atoms with Gasteiger partial charge >= 0.3 is 0 Å². The van der Waals surface area contributed by atoms with Gasteiger partial charge < -0.3 is 10.1 Å². The van der Waals surface area contributed by atoms with E-state index in [4.69, 9.17) is 4.74 Å². The first-order valence-electron chi connectivity index (χ1n) is 5.70. The van der Waals surface area contributed by atoms with Crippen LogP contribution >= 0.6 is 0 Å². The lowest BCUT2D eigenvalue weighted by Gasteiger charge is -2.06. The number of hydrogen-bond acceptors (Lipinski definition) is 6. The van der Waals surface area contributed by atoms with Crippen LogP contribution in [0.25, 0.3) is 11.5 Å². The van der Waals surface area contributed by atoms with E-state index in [0.29, 0.717) is 17.4 Å². The normalized spacial score (nSPS) is 10.2. The monoisotopic (exact) mass is 245 g/mol. The van der Waals surface area contributed by atoms with Crippen molar-refractivity contribution in [2.45, 2.75) is 13.3 Å². The first kappa shape index (κ1) is 12.2. The zero-order chi connectivity index (χ0) is 13.0. The Labute approximate surface area is 105 Å². The minimum absolute atomic E-state index is 0.472. The van der Waals surface area contributed by atoms with Gasteiger partial charge in [0.25, 0.3) is 0 Å². The number of methoxy groups -OCH3 is 1. The summed E-state index contributed by atoms with van der Waals surface area (Å²) in [5.41, 5.74) is 1.59. The molecular weight excluding hydrogens is 230 g/mol. The van der Waals surface area contributed by atoms with Crippen molar-refractivity contribution in [3.63, 3.8) is 0 Å². The molecule has 0 spiro atoms. The van der Waals surface area contributed by atoms with Crippen LogP contribution in [0.15, 0.2) is 18.2 Å². The first-order valence-corrected chi connectivity index (χ1v) is 5.70. The van der Waals surface area contributed by atoms with E-state index in [1.54, 1.807) is 19.2 Å². The standard InChI is InChI=1S/C12H15N5O/c1-4-8-7-10(13-2)15-12(14-8)9-5-6-11(18-3)17-16-9/h5-7H,4H2,1-3H3,(H,13,14,15). The van der Waals surface area contributed by atoms with Gasteiger partial charge in [-0.3, -0.25) is 0 Å². The molecule has 2 aromatic heterocycles. The van der Waals surface area contributed by atoms with Crippen LogP contribution in [0.3, 0.4) is 0 Å². The summed E-state index contributed by atoms with van der Waals surface area (Å²) >= 11 is 0. The Balaban J connectivity index is 2.41. The van der Waals surface area contributed by atoms with E-state index in [1.807, 2.05) is 20.0 Å². The van der Waals surface area contributed by atoms with Gasteiger partial charge in [0.15, 0.2) is 5.82 Å². The summed E-state index contributed by atoms with van der Waals surface area (Å²) in [5.74, 6) is 1.81. The SMILES string of the molecule is CCc1cc(NC)nc(-c2ccc(OC)nn2)n1. The highest BCUT2D eigenvalue weighted by molar-refractivity contribution is 5.52. The van der Waals surface area contributed by atoms with Crippen molar-refractivity contribution in [1.29, 1.82) is 0 Å². The van der Waals surface area contributed by atoms with E-state index in [2.05, 4.69) is 25.5 Å². The Morgan fingerprint density at radius 1 is 1.22 bits per heavy atom. The average molecular weight is 245 g/mol. The number of nitrogens with zero attached hydrogens (tertiary/aromatic N) is 4. The van der Waals surface area contributed by atoms with Crippen LogP contribution < -0.4 is 10.1 Å². The van der Waals surface area contributed by atoms with E-state index >= 15 is 0 Å². The minimum atomic E-state index is 0.472. The average Bonchev–Trinajstić information content (AvgIpc) is 2.46. The molecule has 0 saturated carbocycles. The second kappa shape index (κ2) is 5.39. The van der Waals surface area contributed by atoms with Crippen molar-refractivity contribution in [1.82, 2.24) is 20.2 Å². The van der Waals surface area contributed by atoms with Crippen molar-refractivity contribution < 1.29 is 4.74 Å². The largest absolute Gasteiger partial charge is 0.480 e. The van der Waals surface area contributed by atoms with Crippen LogP contribution in [0.2, 0.25) is 0 Å². The summed E-state index contributed by atoms with van der Waals surface area (Å²) in [7, 11) is 3.38. The van der Waals surface area contributed by atoms with Gasteiger partial charge in [0.05, 0.1) is 7.11 Å². The molecule has 0 fully saturated rings. The highest BCUT2D eigenvalue weighted by Gasteiger charge is 2.07. The van der Waals surface area contributed by atoms with Crippen LogP contribution in [-0.2, 0) is 6.42 Å². The summed E-state index contributed by atoms with van der Waals surface area (Å²) in [6, 6.07) is 5.45. The fourth-order valence-corrected chi connectivity index (χ4v) is 1.47. The summed E-state index contributed by atoms with van der Waals surface area (Å²) in [4.78, 5) is 8.79. The Morgan fingerprint density at radius 2 is 2.06 bits per heavy atom. The van der Waals surface area contributed by atoms with Gasteiger partial charge in [-0.1, -0.05) is 6.92 Å². The number of aromatic nitrogens is 4. The summed E-state index contributed by atoms with van der Waals surface area (Å²) in [6.45, 7) is 2.05. The molecule has 0 aliphatic carbocycles. The van der Waals surface area contributed by atoms with Crippen LogP contribution in [0, 0.1) is 0 Å². The molecule has 0 radical (unpaired) electrons. The number of anilines is 1. The third-order valence-electron chi connectivity index (χ3n) is 2.48. The van der Waals surface area contributed by atoms with E-state index in [1.165, 1.54) is 0 Å². The maximum Gasteiger partial charge on any atom is 0.233 e. The van der Waals surface area contributed by atoms with Crippen molar-refractivity contribution >= 4 is 5.82 Å². The molecule has 1 N–H and O–H groups in total. The molecule has 2 aromatic rings. The van der Waals surface area contributed by atoms with Crippen LogP contribution in [0.1, 0.15) is 12.6 Å². The molecule has 0 aromatic carbocycles. The number of ether oxygens (including phenoxy) is 1. The fraction of sp³-hybridized carbons (Fsp3) is 0.333. The van der Waals surface area contributed by atoms with Crippen molar-refractivity contribution in [3.05, 3.63) is 23.9 Å². The van der Waals surface area contributed by atoms with Crippen molar-refractivity contribution in [3.8, 4) is 17.4 Å². The number of aryl methyl sites for hydroxylation is 1. The lowest BCUT2D eigenvalue weighted by Crippen LogP contribution is -2.02. The quantitative estimate of drug-likeness (QED) is 0.881. The second-order valence-electron chi connectivity index (χ2n) is 3.63. The minimum Gasteiger partial charge on any atom is -0.480 e. The van der Waals surface area contributed by atoms with E-state index in [9.17, 15) is 0 Å². The molecule has 6 heteroatoms. The van der Waals surface area contributed by atoms with Gasteiger partial charge in [0.1, 0.15) is 11.5 Å². The Bertz CT molecular complexity index is 504. The van der Waals surface area contributed by atoms with Crippen LogP contribution in [0.4, 0.5) is 5.82 Å². The van der Waals surface area contributed by atoms with Gasteiger partial charge in [0, 0.05) is 24.9 Å². The number of rotatable bonds is 4. The predicted molar refractivity (Wildman–Crippen MR) is 68.5 cm³/mol. The highest BCUT2D eigenvalue weighted by atomic mass is 16.5. The van der Waals surface area contributed by atoms with Gasteiger partial charge in [-0.2, -0.15) is 0 Å². The Kier molecular flexibility index (Phi) is 3.66. The third-order valence-corrected chi connectivity index (χ3v) is 2.48. The predicted octanol–water partition coefficient (Wildman–Crippen LogP) is 1.55. The molecular formula is C12H15N5O. The van der Waals surface area contributed by atoms with Gasteiger partial charge in [-0.05, 0) is 12.5 Å². The maximum atomic E-state index is 4.97. The molecule has 6 nitrogen and oxygen atoms in total. The summed E-state index contributed by atoms with van der Waals surface area (Å²) < 4.78 is 4.97. The topological polar surface area (TPSA) is 72.8 Å². The Morgan fingerprint density at radius 3 is 2.61 bits per heavy atom. The van der Waals surface area contributed by atoms with Gasteiger partial charge in [-0.25, -0.2) is 9.97 Å². The molecule has 0 amide bonds. The maximum absolute atomic E-state index is 4.97. The molecule has 2 rings (SSSR count). The number of hydrogen-bond donors (Lipinski definition) is 1. The molecule has 0 unspecified atom stereocenters. The molecule has 94 valence electrons. The Hall–Kier alpha value is -2.24. The van der Waals surface area contributed by atoms with Gasteiger partial charge in [-0.15, -0.1) is 10.2 Å². The molecule has 0 saturated heterocycles. The lowest BCUT2D eigenvalue weighted by molar-refractivity contribution is 0.392. The molecule has 0 aliphatic heterocycles. The summed E-state index contributed by atoms with van der Waals surface area (Å²) in [6.07, 6.45) is 0.841. The molecule has 0 atom stereocenters. The molecule has 0 aliphatic rings. The molecule has 18 heavy (non-hydrogen) atoms. The lowest BCUT2D eigenvalue weighted by atomic mass is 10.3. The third kappa shape index (κ3) is 2.53. The van der Waals surface area contributed by atoms with E-state index < -0.39 is 0 Å². The smallest absolute Gasteiger partial charge is 0.233 e. The van der Waals surface area contributed by atoms with Crippen molar-refractivity contribution in [2.75, 3.05) is 19.5 Å². The second-order valence-corrected chi connectivity index (χ2v) is 3.63. The van der Waals surface area contributed by atoms with E-state index in [-0.39, 0.29) is 0 Å². The zero-order valence-corrected chi connectivity index (χ0v) is 10.6. The molecule has 0 bridgehead atoms. The van der Waals surface area contributed by atoms with Gasteiger partial charge in [0.2, 0.25) is 5.88 Å². The zero-order valence-electron chi connectivity index (χ0n) is 10.6. The number of nitrogens with one attached hydrogen (secondary N) is 1. The van der Waals surface area contributed by atoms with E-state index in [0.717, 1.165) is 17.9 Å².